The molecule has 1 aromatic carbocycles. The first-order valence-corrected chi connectivity index (χ1v) is 11.3. The lowest BCUT2D eigenvalue weighted by Crippen LogP contribution is -2.14. The first-order valence-electron chi connectivity index (χ1n) is 8.64. The van der Waals surface area contributed by atoms with E-state index in [0.717, 1.165) is 21.3 Å². The molecule has 0 unspecified atom stereocenters. The van der Waals surface area contributed by atoms with Crippen LogP contribution in [0.3, 0.4) is 0 Å². The van der Waals surface area contributed by atoms with E-state index in [2.05, 4.69) is 32.3 Å². The lowest BCUT2D eigenvalue weighted by Gasteiger charge is -2.06. The van der Waals surface area contributed by atoms with Crippen molar-refractivity contribution in [1.82, 2.24) is 25.0 Å². The highest BCUT2D eigenvalue weighted by atomic mass is 32.2. The number of carbonyl (C=O) groups is 1. The lowest BCUT2D eigenvalue weighted by molar-refractivity contribution is -0.113. The van der Waals surface area contributed by atoms with Crippen molar-refractivity contribution in [3.63, 3.8) is 0 Å². The zero-order chi connectivity index (χ0) is 20.1. The number of thiophene rings is 1. The summed E-state index contributed by atoms with van der Waals surface area (Å²) in [5.41, 5.74) is 0.971. The van der Waals surface area contributed by atoms with Crippen molar-refractivity contribution < 1.29 is 4.79 Å². The molecular formula is C19H16N6OS3. The van der Waals surface area contributed by atoms with Crippen LogP contribution in [0.15, 0.2) is 65.7 Å². The summed E-state index contributed by atoms with van der Waals surface area (Å²) in [7, 11) is 0. The van der Waals surface area contributed by atoms with Gasteiger partial charge in [0.1, 0.15) is 5.01 Å². The number of hydrogen-bond acceptors (Lipinski definition) is 8. The molecule has 3 aromatic heterocycles. The maximum absolute atomic E-state index is 12.4. The van der Waals surface area contributed by atoms with Crippen molar-refractivity contribution in [2.24, 2.45) is 0 Å². The van der Waals surface area contributed by atoms with E-state index in [0.29, 0.717) is 16.8 Å². The summed E-state index contributed by atoms with van der Waals surface area (Å²) in [5, 5.41) is 23.4. The SMILES string of the molecule is C=CCn1c(SCC(=O)Nc2nnc(-c3ccccc3)s2)nnc1-c1cccs1. The van der Waals surface area contributed by atoms with Crippen molar-refractivity contribution in [2.45, 2.75) is 11.7 Å². The predicted octanol–water partition coefficient (Wildman–Crippen LogP) is 4.44. The number of amides is 1. The molecule has 4 aromatic rings. The van der Waals surface area contributed by atoms with Crippen LogP contribution in [0.25, 0.3) is 21.3 Å². The van der Waals surface area contributed by atoms with Gasteiger partial charge in [-0.1, -0.05) is 65.6 Å². The van der Waals surface area contributed by atoms with Gasteiger partial charge < -0.3 is 0 Å². The van der Waals surface area contributed by atoms with Gasteiger partial charge in [0.25, 0.3) is 0 Å². The summed E-state index contributed by atoms with van der Waals surface area (Å²) in [6.45, 7) is 4.37. The molecule has 0 saturated carbocycles. The van der Waals surface area contributed by atoms with Crippen molar-refractivity contribution >= 4 is 45.5 Å². The molecule has 0 aliphatic heterocycles. The van der Waals surface area contributed by atoms with Crippen LogP contribution in [0.2, 0.25) is 0 Å². The molecule has 0 spiro atoms. The van der Waals surface area contributed by atoms with Crippen LogP contribution in [0.5, 0.6) is 0 Å². The molecule has 0 atom stereocenters. The summed E-state index contributed by atoms with van der Waals surface area (Å²) >= 11 is 4.26. The van der Waals surface area contributed by atoms with Gasteiger partial charge >= 0.3 is 0 Å². The molecular weight excluding hydrogens is 424 g/mol. The standard InChI is InChI=1S/C19H16N6OS3/c1-2-10-25-16(14-9-6-11-27-14)21-24-19(25)28-12-15(26)20-18-23-22-17(29-18)13-7-4-3-5-8-13/h2-9,11H,1,10,12H2,(H,20,23,26). The highest BCUT2D eigenvalue weighted by Gasteiger charge is 2.16. The van der Waals surface area contributed by atoms with E-state index in [4.69, 9.17) is 0 Å². The van der Waals surface area contributed by atoms with Gasteiger partial charge in [-0.15, -0.1) is 38.3 Å². The number of rotatable bonds is 8. The summed E-state index contributed by atoms with van der Waals surface area (Å²) < 4.78 is 1.95. The van der Waals surface area contributed by atoms with Crippen LogP contribution in [-0.4, -0.2) is 36.6 Å². The van der Waals surface area contributed by atoms with Crippen LogP contribution in [0.1, 0.15) is 0 Å². The molecule has 4 rings (SSSR count). The van der Waals surface area contributed by atoms with E-state index in [1.807, 2.05) is 52.4 Å². The quantitative estimate of drug-likeness (QED) is 0.322. The largest absolute Gasteiger partial charge is 0.300 e. The van der Waals surface area contributed by atoms with Crippen molar-refractivity contribution in [1.29, 1.82) is 0 Å². The Kier molecular flexibility index (Phi) is 6.13. The molecule has 0 radical (unpaired) electrons. The minimum atomic E-state index is -0.170. The van der Waals surface area contributed by atoms with Crippen LogP contribution >= 0.6 is 34.4 Å². The molecule has 3 heterocycles. The molecule has 10 heteroatoms. The fourth-order valence-corrected chi connectivity index (χ4v) is 4.76. The maximum Gasteiger partial charge on any atom is 0.236 e. The third kappa shape index (κ3) is 4.61. The van der Waals surface area contributed by atoms with Crippen LogP contribution in [0.4, 0.5) is 5.13 Å². The monoisotopic (exact) mass is 440 g/mol. The fraction of sp³-hybridized carbons (Fsp3) is 0.105. The Bertz CT molecular complexity index is 1100. The highest BCUT2D eigenvalue weighted by Crippen LogP contribution is 2.28. The van der Waals surface area contributed by atoms with E-state index in [1.165, 1.54) is 23.1 Å². The zero-order valence-electron chi connectivity index (χ0n) is 15.2. The Morgan fingerprint density at radius 2 is 2.00 bits per heavy atom. The van der Waals surface area contributed by atoms with E-state index in [-0.39, 0.29) is 11.7 Å². The lowest BCUT2D eigenvalue weighted by atomic mass is 10.2. The summed E-state index contributed by atoms with van der Waals surface area (Å²) in [4.78, 5) is 13.4. The van der Waals surface area contributed by atoms with Gasteiger partial charge in [-0.2, -0.15) is 0 Å². The van der Waals surface area contributed by atoms with Gasteiger partial charge in [0.15, 0.2) is 11.0 Å². The van der Waals surface area contributed by atoms with Gasteiger partial charge in [-0.25, -0.2) is 0 Å². The van der Waals surface area contributed by atoms with E-state index in [9.17, 15) is 4.79 Å². The minimum Gasteiger partial charge on any atom is -0.300 e. The number of carbonyl (C=O) groups excluding carboxylic acids is 1. The number of anilines is 1. The second-order valence-electron chi connectivity index (χ2n) is 5.80. The second kappa shape index (κ2) is 9.12. The Balaban J connectivity index is 1.40. The molecule has 0 aliphatic rings. The second-order valence-corrected chi connectivity index (χ2v) is 8.67. The van der Waals surface area contributed by atoms with Crippen molar-refractivity contribution in [3.8, 4) is 21.3 Å². The first-order chi connectivity index (χ1) is 14.2. The van der Waals surface area contributed by atoms with Gasteiger partial charge in [0.05, 0.1) is 10.6 Å². The van der Waals surface area contributed by atoms with Gasteiger partial charge in [0.2, 0.25) is 11.0 Å². The molecule has 0 fully saturated rings. The number of nitrogens with zero attached hydrogens (tertiary/aromatic N) is 5. The zero-order valence-corrected chi connectivity index (χ0v) is 17.6. The number of hydrogen-bond donors (Lipinski definition) is 1. The molecule has 29 heavy (non-hydrogen) atoms. The van der Waals surface area contributed by atoms with Gasteiger partial charge in [0, 0.05) is 12.1 Å². The smallest absolute Gasteiger partial charge is 0.236 e. The molecule has 0 bridgehead atoms. The molecule has 1 N–H and O–H groups in total. The van der Waals surface area contributed by atoms with Crippen LogP contribution in [-0.2, 0) is 11.3 Å². The van der Waals surface area contributed by atoms with Crippen molar-refractivity contribution in [3.05, 3.63) is 60.5 Å². The van der Waals surface area contributed by atoms with Crippen LogP contribution < -0.4 is 5.32 Å². The predicted molar refractivity (Wildman–Crippen MR) is 118 cm³/mol. The Morgan fingerprint density at radius 3 is 2.76 bits per heavy atom. The normalized spacial score (nSPS) is 10.8. The Morgan fingerprint density at radius 1 is 1.14 bits per heavy atom. The minimum absolute atomic E-state index is 0.170. The van der Waals surface area contributed by atoms with E-state index >= 15 is 0 Å². The molecule has 0 saturated heterocycles. The van der Waals surface area contributed by atoms with E-state index < -0.39 is 0 Å². The molecule has 146 valence electrons. The van der Waals surface area contributed by atoms with Crippen molar-refractivity contribution in [2.75, 3.05) is 11.1 Å². The molecule has 1 amide bonds. The van der Waals surface area contributed by atoms with E-state index in [1.54, 1.807) is 17.4 Å². The third-order valence-electron chi connectivity index (χ3n) is 3.79. The Hall–Kier alpha value is -2.82. The Labute approximate surface area is 179 Å². The first kappa shape index (κ1) is 19.5. The third-order valence-corrected chi connectivity index (χ3v) is 6.51. The van der Waals surface area contributed by atoms with Crippen LogP contribution in [0, 0.1) is 0 Å². The number of aromatic nitrogens is 5. The summed E-state index contributed by atoms with van der Waals surface area (Å²) in [5.74, 6) is 0.802. The average molecular weight is 441 g/mol. The van der Waals surface area contributed by atoms with Gasteiger partial charge in [-0.3, -0.25) is 14.7 Å². The topological polar surface area (TPSA) is 85.6 Å². The number of nitrogens with one attached hydrogen (secondary N) is 1. The molecule has 7 nitrogen and oxygen atoms in total. The highest BCUT2D eigenvalue weighted by molar-refractivity contribution is 7.99. The number of thioether (sulfide) groups is 1. The molecule has 0 aliphatic carbocycles. The maximum atomic E-state index is 12.4. The summed E-state index contributed by atoms with van der Waals surface area (Å²) in [6.07, 6.45) is 1.79. The number of allylic oxidation sites excluding steroid dienone is 1. The number of benzene rings is 1. The fourth-order valence-electron chi connectivity index (χ4n) is 2.53. The average Bonchev–Trinajstić information content (AvgIpc) is 3.49. The van der Waals surface area contributed by atoms with Gasteiger partial charge in [-0.05, 0) is 11.4 Å². The summed E-state index contributed by atoms with van der Waals surface area (Å²) in [6, 6.07) is 13.7.